The Morgan fingerprint density at radius 2 is 2.07 bits per heavy atom. The van der Waals surface area contributed by atoms with Crippen LogP contribution < -0.4 is 5.32 Å². The zero-order chi connectivity index (χ0) is 10.6. The number of nitro benzene ring substituents is 1. The molecule has 0 saturated carbocycles. The standard InChI is InChI=1S/C9H12N2O3/c1-10-6-9(12)7-2-4-8(5-3-7)11(13)14/h2-5,9-10,12H,6H2,1H3/t9-/m1/s1. The Hall–Kier alpha value is -1.46. The van der Waals surface area contributed by atoms with E-state index in [1.54, 1.807) is 19.2 Å². The van der Waals surface area contributed by atoms with Gasteiger partial charge >= 0.3 is 0 Å². The summed E-state index contributed by atoms with van der Waals surface area (Å²) in [6.45, 7) is 0.428. The zero-order valence-corrected chi connectivity index (χ0v) is 7.80. The van der Waals surface area contributed by atoms with Crippen LogP contribution in [0.5, 0.6) is 0 Å². The molecule has 0 amide bonds. The first-order valence-corrected chi connectivity index (χ1v) is 4.22. The first-order valence-electron chi connectivity index (χ1n) is 4.22. The summed E-state index contributed by atoms with van der Waals surface area (Å²) in [4.78, 5) is 9.87. The maximum absolute atomic E-state index is 10.3. The van der Waals surface area contributed by atoms with Crippen molar-refractivity contribution >= 4 is 5.69 Å². The van der Waals surface area contributed by atoms with Gasteiger partial charge in [0.2, 0.25) is 0 Å². The van der Waals surface area contributed by atoms with E-state index in [4.69, 9.17) is 0 Å². The summed E-state index contributed by atoms with van der Waals surface area (Å²) in [5, 5.41) is 22.7. The van der Waals surface area contributed by atoms with E-state index >= 15 is 0 Å². The summed E-state index contributed by atoms with van der Waals surface area (Å²) >= 11 is 0. The topological polar surface area (TPSA) is 75.4 Å². The number of benzene rings is 1. The minimum Gasteiger partial charge on any atom is -0.387 e. The average molecular weight is 196 g/mol. The summed E-state index contributed by atoms with van der Waals surface area (Å²) in [5.41, 5.74) is 0.704. The number of nitrogens with one attached hydrogen (secondary N) is 1. The lowest BCUT2D eigenvalue weighted by atomic mass is 10.1. The number of hydrogen-bond acceptors (Lipinski definition) is 4. The van der Waals surface area contributed by atoms with E-state index in [1.165, 1.54) is 12.1 Å². The summed E-state index contributed by atoms with van der Waals surface area (Å²) in [5.74, 6) is 0. The van der Waals surface area contributed by atoms with Crippen LogP contribution in [0.4, 0.5) is 5.69 Å². The van der Waals surface area contributed by atoms with Gasteiger partial charge in [-0.25, -0.2) is 0 Å². The quantitative estimate of drug-likeness (QED) is 0.553. The highest BCUT2D eigenvalue weighted by atomic mass is 16.6. The van der Waals surface area contributed by atoms with E-state index in [-0.39, 0.29) is 5.69 Å². The maximum Gasteiger partial charge on any atom is 0.269 e. The molecule has 0 aliphatic heterocycles. The zero-order valence-electron chi connectivity index (χ0n) is 7.80. The molecule has 5 nitrogen and oxygen atoms in total. The van der Waals surface area contributed by atoms with Gasteiger partial charge in [-0.3, -0.25) is 10.1 Å². The van der Waals surface area contributed by atoms with E-state index in [9.17, 15) is 15.2 Å². The number of non-ortho nitro benzene ring substituents is 1. The summed E-state index contributed by atoms with van der Waals surface area (Å²) in [6, 6.07) is 5.88. The summed E-state index contributed by atoms with van der Waals surface area (Å²) in [7, 11) is 1.73. The second kappa shape index (κ2) is 4.69. The van der Waals surface area contributed by atoms with Crippen molar-refractivity contribution in [3.63, 3.8) is 0 Å². The Morgan fingerprint density at radius 3 is 2.50 bits per heavy atom. The van der Waals surface area contributed by atoms with Gasteiger partial charge < -0.3 is 10.4 Å². The molecule has 14 heavy (non-hydrogen) atoms. The molecule has 0 aromatic heterocycles. The van der Waals surface area contributed by atoms with Crippen LogP contribution >= 0.6 is 0 Å². The van der Waals surface area contributed by atoms with Crippen LogP contribution in [0.15, 0.2) is 24.3 Å². The van der Waals surface area contributed by atoms with Crippen molar-refractivity contribution in [1.82, 2.24) is 5.32 Å². The lowest BCUT2D eigenvalue weighted by Gasteiger charge is -2.09. The minimum atomic E-state index is -0.624. The molecule has 0 bridgehead atoms. The molecular weight excluding hydrogens is 184 g/mol. The largest absolute Gasteiger partial charge is 0.387 e. The van der Waals surface area contributed by atoms with Gasteiger partial charge in [0.05, 0.1) is 11.0 Å². The molecule has 0 radical (unpaired) electrons. The molecule has 0 aliphatic carbocycles. The number of aliphatic hydroxyl groups is 1. The SMILES string of the molecule is CNC[C@@H](O)c1ccc([N+](=O)[O-])cc1. The predicted molar refractivity (Wildman–Crippen MR) is 52.0 cm³/mol. The van der Waals surface area contributed by atoms with Crippen LogP contribution in [0, 0.1) is 10.1 Å². The molecule has 0 unspecified atom stereocenters. The Bertz CT molecular complexity index is 310. The second-order valence-corrected chi connectivity index (χ2v) is 2.92. The lowest BCUT2D eigenvalue weighted by Crippen LogP contribution is -2.16. The van der Waals surface area contributed by atoms with Gasteiger partial charge in [-0.1, -0.05) is 0 Å². The number of hydrogen-bond donors (Lipinski definition) is 2. The van der Waals surface area contributed by atoms with Crippen LogP contribution in [0.2, 0.25) is 0 Å². The number of nitrogens with zero attached hydrogens (tertiary/aromatic N) is 1. The molecule has 0 aliphatic rings. The number of aliphatic hydroxyl groups excluding tert-OH is 1. The molecule has 5 heteroatoms. The molecule has 2 N–H and O–H groups in total. The fraction of sp³-hybridized carbons (Fsp3) is 0.333. The monoisotopic (exact) mass is 196 g/mol. The molecule has 0 heterocycles. The van der Waals surface area contributed by atoms with Crippen LogP contribution in [0.3, 0.4) is 0 Å². The van der Waals surface area contributed by atoms with Gasteiger partial charge in [-0.05, 0) is 24.7 Å². The van der Waals surface area contributed by atoms with Crippen LogP contribution in [-0.2, 0) is 0 Å². The van der Waals surface area contributed by atoms with Crippen molar-refractivity contribution in [2.75, 3.05) is 13.6 Å². The average Bonchev–Trinajstić information content (AvgIpc) is 2.18. The molecule has 0 fully saturated rings. The van der Waals surface area contributed by atoms with Crippen molar-refractivity contribution in [3.05, 3.63) is 39.9 Å². The molecule has 0 spiro atoms. The van der Waals surface area contributed by atoms with Gasteiger partial charge in [0.1, 0.15) is 0 Å². The Kier molecular flexibility index (Phi) is 3.55. The van der Waals surface area contributed by atoms with Gasteiger partial charge in [-0.2, -0.15) is 0 Å². The third-order valence-corrected chi connectivity index (χ3v) is 1.89. The molecule has 1 aromatic carbocycles. The molecule has 76 valence electrons. The predicted octanol–water partition coefficient (Wildman–Crippen LogP) is 0.848. The third kappa shape index (κ3) is 2.51. The maximum atomic E-state index is 10.3. The van der Waals surface area contributed by atoms with Crippen molar-refractivity contribution in [2.24, 2.45) is 0 Å². The second-order valence-electron chi connectivity index (χ2n) is 2.92. The Balaban J connectivity index is 2.77. The molecule has 1 rings (SSSR count). The first kappa shape index (κ1) is 10.6. The molecule has 0 saturated heterocycles. The minimum absolute atomic E-state index is 0.0328. The summed E-state index contributed by atoms with van der Waals surface area (Å²) < 4.78 is 0. The Morgan fingerprint density at radius 1 is 1.50 bits per heavy atom. The van der Waals surface area contributed by atoms with Crippen molar-refractivity contribution in [1.29, 1.82) is 0 Å². The van der Waals surface area contributed by atoms with E-state index in [2.05, 4.69) is 5.32 Å². The van der Waals surface area contributed by atoms with Crippen molar-refractivity contribution in [3.8, 4) is 0 Å². The van der Waals surface area contributed by atoms with Crippen molar-refractivity contribution in [2.45, 2.75) is 6.10 Å². The fourth-order valence-electron chi connectivity index (χ4n) is 1.13. The number of nitro groups is 1. The first-order chi connectivity index (χ1) is 6.65. The van der Waals surface area contributed by atoms with Crippen LogP contribution in [0.25, 0.3) is 0 Å². The summed E-state index contributed by atoms with van der Waals surface area (Å²) in [6.07, 6.45) is -0.624. The highest BCUT2D eigenvalue weighted by Gasteiger charge is 2.08. The smallest absolute Gasteiger partial charge is 0.269 e. The molecule has 1 atom stereocenters. The lowest BCUT2D eigenvalue weighted by molar-refractivity contribution is -0.384. The van der Waals surface area contributed by atoms with E-state index in [0.717, 1.165) is 0 Å². The highest BCUT2D eigenvalue weighted by Crippen LogP contribution is 2.16. The third-order valence-electron chi connectivity index (χ3n) is 1.89. The number of likely N-dealkylation sites (N-methyl/N-ethyl adjacent to an activating group) is 1. The van der Waals surface area contributed by atoms with Crippen LogP contribution in [-0.4, -0.2) is 23.6 Å². The van der Waals surface area contributed by atoms with E-state index < -0.39 is 11.0 Å². The van der Waals surface area contributed by atoms with Gasteiger partial charge in [-0.15, -0.1) is 0 Å². The normalized spacial score (nSPS) is 12.4. The van der Waals surface area contributed by atoms with E-state index in [1.807, 2.05) is 0 Å². The van der Waals surface area contributed by atoms with Gasteiger partial charge in [0.15, 0.2) is 0 Å². The van der Waals surface area contributed by atoms with Crippen LogP contribution in [0.1, 0.15) is 11.7 Å². The fourth-order valence-corrected chi connectivity index (χ4v) is 1.13. The molecular formula is C9H12N2O3. The van der Waals surface area contributed by atoms with Crippen molar-refractivity contribution < 1.29 is 10.0 Å². The number of rotatable bonds is 4. The Labute approximate surface area is 81.5 Å². The molecule has 1 aromatic rings. The highest BCUT2D eigenvalue weighted by molar-refractivity contribution is 5.33. The van der Waals surface area contributed by atoms with E-state index in [0.29, 0.717) is 12.1 Å². The van der Waals surface area contributed by atoms with Gasteiger partial charge in [0.25, 0.3) is 5.69 Å². The van der Waals surface area contributed by atoms with Gasteiger partial charge in [0, 0.05) is 18.7 Å².